The van der Waals surface area contributed by atoms with E-state index in [4.69, 9.17) is 42.6 Å². The summed E-state index contributed by atoms with van der Waals surface area (Å²) in [6, 6.07) is -1.43. The third-order valence-electron chi connectivity index (χ3n) is 6.03. The molecular formula is C26H37NO17. The van der Waals surface area contributed by atoms with Gasteiger partial charge in [-0.3, -0.25) is 33.6 Å². The lowest BCUT2D eigenvalue weighted by Gasteiger charge is -2.48. The molecule has 44 heavy (non-hydrogen) atoms. The van der Waals surface area contributed by atoms with E-state index in [1.54, 1.807) is 0 Å². The fourth-order valence-corrected chi connectivity index (χ4v) is 4.59. The Morgan fingerprint density at radius 1 is 0.568 bits per heavy atom. The van der Waals surface area contributed by atoms with Gasteiger partial charge in [0, 0.05) is 48.5 Å². The third-order valence-corrected chi connectivity index (χ3v) is 6.03. The molecule has 248 valence electrons. The molecule has 2 aliphatic rings. The summed E-state index contributed by atoms with van der Waals surface area (Å²) >= 11 is 0. The zero-order chi connectivity index (χ0) is 33.3. The second kappa shape index (κ2) is 16.3. The van der Waals surface area contributed by atoms with E-state index in [2.05, 4.69) is 5.32 Å². The summed E-state index contributed by atoms with van der Waals surface area (Å²) in [5, 5.41) is 13.1. The van der Waals surface area contributed by atoms with Crippen molar-refractivity contribution >= 4 is 41.7 Å². The van der Waals surface area contributed by atoms with Crippen molar-refractivity contribution in [3.8, 4) is 0 Å². The van der Waals surface area contributed by atoms with E-state index in [1.165, 1.54) is 0 Å². The molecule has 2 fully saturated rings. The highest BCUT2D eigenvalue weighted by Gasteiger charge is 2.56. The number of amides is 1. The van der Waals surface area contributed by atoms with Crippen molar-refractivity contribution < 1.29 is 81.3 Å². The topological polar surface area (TPSA) is 235 Å². The van der Waals surface area contributed by atoms with Gasteiger partial charge in [0.1, 0.15) is 37.6 Å². The summed E-state index contributed by atoms with van der Waals surface area (Å²) in [5.41, 5.74) is 0. The number of ether oxygens (including phenoxy) is 9. The van der Waals surface area contributed by atoms with Crippen LogP contribution >= 0.6 is 0 Å². The van der Waals surface area contributed by atoms with Crippen LogP contribution in [-0.4, -0.2) is 121 Å². The first-order valence-corrected chi connectivity index (χ1v) is 13.4. The standard InChI is InChI=1S/C26H37NO17/c1-10(28)27-19-22(39-14(5)32)20(17(42-25(19)35)8-36-11(2)29)44-26-24(41-16(7)34)23(40-15(6)33)21(38-13(4)31)18(43-26)9-37-12(3)30/h17-26,35H,8-9H2,1-7H3,(H,27,28)/t17?,18?,19?,20-,21-,22+,23-,24?,25?,26-/m0/s1. The maximum absolute atomic E-state index is 12.2. The summed E-state index contributed by atoms with van der Waals surface area (Å²) < 4.78 is 49.2. The molecule has 0 aliphatic carbocycles. The second-order valence-corrected chi connectivity index (χ2v) is 9.84. The number of carbonyl (C=O) groups excluding carboxylic acids is 7. The molecule has 0 aromatic heterocycles. The molecule has 18 nitrogen and oxygen atoms in total. The fourth-order valence-electron chi connectivity index (χ4n) is 4.59. The van der Waals surface area contributed by atoms with Gasteiger partial charge in [0.05, 0.1) is 0 Å². The highest BCUT2D eigenvalue weighted by atomic mass is 16.8. The van der Waals surface area contributed by atoms with Crippen LogP contribution in [0.3, 0.4) is 0 Å². The molecule has 0 aromatic rings. The molecule has 1 amide bonds. The van der Waals surface area contributed by atoms with E-state index in [-0.39, 0.29) is 0 Å². The molecular weight excluding hydrogens is 598 g/mol. The van der Waals surface area contributed by atoms with E-state index in [1.807, 2.05) is 0 Å². The van der Waals surface area contributed by atoms with Crippen LogP contribution in [0.15, 0.2) is 0 Å². The molecule has 2 heterocycles. The van der Waals surface area contributed by atoms with Gasteiger partial charge in [-0.05, 0) is 0 Å². The number of aliphatic hydroxyl groups is 1. The van der Waals surface area contributed by atoms with Crippen LogP contribution in [0.4, 0.5) is 0 Å². The van der Waals surface area contributed by atoms with Crippen molar-refractivity contribution in [2.45, 2.75) is 110 Å². The number of esters is 6. The van der Waals surface area contributed by atoms with Gasteiger partial charge in [-0.2, -0.15) is 0 Å². The van der Waals surface area contributed by atoms with Gasteiger partial charge in [0.25, 0.3) is 0 Å². The largest absolute Gasteiger partial charge is 0.463 e. The highest BCUT2D eigenvalue weighted by Crippen LogP contribution is 2.34. The Kier molecular flexibility index (Phi) is 13.4. The number of aliphatic hydroxyl groups excluding tert-OH is 1. The average molecular weight is 636 g/mol. The molecule has 2 N–H and O–H groups in total. The Morgan fingerprint density at radius 3 is 1.45 bits per heavy atom. The van der Waals surface area contributed by atoms with Crippen molar-refractivity contribution in [3.63, 3.8) is 0 Å². The Bertz CT molecular complexity index is 1090. The van der Waals surface area contributed by atoms with Crippen LogP contribution in [0, 0.1) is 0 Å². The summed E-state index contributed by atoms with van der Waals surface area (Å²) in [4.78, 5) is 83.6. The van der Waals surface area contributed by atoms with E-state index < -0.39 is 116 Å². The normalized spacial score (nSPS) is 31.5. The van der Waals surface area contributed by atoms with Crippen molar-refractivity contribution in [2.75, 3.05) is 13.2 Å². The van der Waals surface area contributed by atoms with Crippen molar-refractivity contribution in [3.05, 3.63) is 0 Å². The highest BCUT2D eigenvalue weighted by molar-refractivity contribution is 5.73. The minimum absolute atomic E-state index is 0.559. The number of rotatable bonds is 11. The van der Waals surface area contributed by atoms with Gasteiger partial charge in [-0.1, -0.05) is 0 Å². The number of hydrogen-bond acceptors (Lipinski definition) is 17. The maximum Gasteiger partial charge on any atom is 0.303 e. The minimum atomic E-state index is -1.79. The molecule has 0 saturated carbocycles. The van der Waals surface area contributed by atoms with E-state index in [9.17, 15) is 38.7 Å². The predicted octanol–water partition coefficient (Wildman–Crippen LogP) is -1.83. The first kappa shape index (κ1) is 36.3. The predicted molar refractivity (Wildman–Crippen MR) is 138 cm³/mol. The fraction of sp³-hybridized carbons (Fsp3) is 0.731. The van der Waals surface area contributed by atoms with Gasteiger partial charge in [0.2, 0.25) is 5.91 Å². The van der Waals surface area contributed by atoms with E-state index in [0.717, 1.165) is 48.5 Å². The van der Waals surface area contributed by atoms with Gasteiger partial charge in [0.15, 0.2) is 37.0 Å². The smallest absolute Gasteiger partial charge is 0.303 e. The van der Waals surface area contributed by atoms with Gasteiger partial charge in [-0.25, -0.2) is 0 Å². The lowest BCUT2D eigenvalue weighted by Crippen LogP contribution is -2.68. The van der Waals surface area contributed by atoms with Crippen LogP contribution in [-0.2, 0) is 76.2 Å². The second-order valence-electron chi connectivity index (χ2n) is 9.84. The third kappa shape index (κ3) is 10.7. The molecule has 5 unspecified atom stereocenters. The molecule has 0 radical (unpaired) electrons. The molecule has 0 spiro atoms. The number of nitrogens with one attached hydrogen (secondary N) is 1. The van der Waals surface area contributed by atoms with Crippen LogP contribution in [0.1, 0.15) is 48.5 Å². The van der Waals surface area contributed by atoms with Crippen molar-refractivity contribution in [1.29, 1.82) is 0 Å². The Morgan fingerprint density at radius 2 is 1.00 bits per heavy atom. The Labute approximate surface area is 251 Å². The van der Waals surface area contributed by atoms with Crippen LogP contribution < -0.4 is 5.32 Å². The molecule has 2 rings (SSSR count). The van der Waals surface area contributed by atoms with Crippen LogP contribution in [0.2, 0.25) is 0 Å². The van der Waals surface area contributed by atoms with Crippen LogP contribution in [0.25, 0.3) is 0 Å². The summed E-state index contributed by atoms with van der Waals surface area (Å²) in [7, 11) is 0. The lowest BCUT2D eigenvalue weighted by atomic mass is 9.95. The first-order valence-electron chi connectivity index (χ1n) is 13.4. The van der Waals surface area contributed by atoms with Gasteiger partial charge < -0.3 is 53.1 Å². The summed E-state index contributed by atoms with van der Waals surface area (Å²) in [6.07, 6.45) is -14.2. The zero-order valence-electron chi connectivity index (χ0n) is 25.2. The van der Waals surface area contributed by atoms with Crippen molar-refractivity contribution in [2.24, 2.45) is 0 Å². The summed E-state index contributed by atoms with van der Waals surface area (Å²) in [5.74, 6) is -5.68. The molecule has 0 aromatic carbocycles. The molecule has 18 heteroatoms. The SMILES string of the molecule is CC(=O)NC1C(O)OC(COC(C)=O)[C@H](O[C@@H]2OC(COC(C)=O)[C@H](OC(C)=O)[C@H](OC(C)=O)C2OC(C)=O)[C@@H]1OC(C)=O. The average Bonchev–Trinajstić information content (AvgIpc) is 2.87. The van der Waals surface area contributed by atoms with Gasteiger partial charge >= 0.3 is 35.8 Å². The molecule has 2 saturated heterocycles. The lowest BCUT2D eigenvalue weighted by molar-refractivity contribution is -0.347. The molecule has 10 atom stereocenters. The van der Waals surface area contributed by atoms with E-state index in [0.29, 0.717) is 0 Å². The summed E-state index contributed by atoms with van der Waals surface area (Å²) in [6.45, 7) is 6.33. The monoisotopic (exact) mass is 635 g/mol. The minimum Gasteiger partial charge on any atom is -0.463 e. The number of hydrogen-bond donors (Lipinski definition) is 2. The van der Waals surface area contributed by atoms with Crippen LogP contribution in [0.5, 0.6) is 0 Å². The quantitative estimate of drug-likeness (QED) is 0.188. The maximum atomic E-state index is 12.2. The Balaban J connectivity index is 2.66. The Hall–Kier alpha value is -3.87. The molecule has 2 aliphatic heterocycles. The zero-order valence-corrected chi connectivity index (χ0v) is 25.2. The van der Waals surface area contributed by atoms with Gasteiger partial charge in [-0.15, -0.1) is 0 Å². The van der Waals surface area contributed by atoms with Crippen molar-refractivity contribution in [1.82, 2.24) is 5.32 Å². The molecule has 0 bridgehead atoms. The number of carbonyl (C=O) groups is 7. The van der Waals surface area contributed by atoms with E-state index >= 15 is 0 Å². The first-order chi connectivity index (χ1) is 20.5.